The number of aryl methyl sites for hydroxylation is 2. The lowest BCUT2D eigenvalue weighted by Crippen LogP contribution is -2.16. The molecule has 0 aliphatic heterocycles. The van der Waals surface area contributed by atoms with Crippen molar-refractivity contribution in [1.29, 1.82) is 0 Å². The monoisotopic (exact) mass is 446 g/mol. The van der Waals surface area contributed by atoms with Crippen LogP contribution in [0.5, 0.6) is 0 Å². The quantitative estimate of drug-likeness (QED) is 0.368. The van der Waals surface area contributed by atoms with Crippen LogP contribution in [0.2, 0.25) is 10.0 Å². The van der Waals surface area contributed by atoms with Crippen LogP contribution < -0.4 is 5.32 Å². The number of allylic oxidation sites excluding steroid dienone is 1. The van der Waals surface area contributed by atoms with Gasteiger partial charge in [-0.25, -0.2) is 0 Å². The molecule has 2 aromatic carbocycles. The average molecular weight is 447 g/mol. The highest BCUT2D eigenvalue weighted by Gasteiger charge is 2.17. The highest BCUT2D eigenvalue weighted by atomic mass is 35.5. The Morgan fingerprint density at radius 3 is 2.59 bits per heavy atom. The second-order valence-electron chi connectivity index (χ2n) is 6.43. The van der Waals surface area contributed by atoms with Crippen molar-refractivity contribution in [1.82, 2.24) is 14.8 Å². The first-order chi connectivity index (χ1) is 13.9. The van der Waals surface area contributed by atoms with Crippen LogP contribution in [0.1, 0.15) is 11.1 Å². The molecule has 1 N–H and O–H groups in total. The van der Waals surface area contributed by atoms with E-state index in [1.165, 1.54) is 11.8 Å². The van der Waals surface area contributed by atoms with Crippen LogP contribution in [0.4, 0.5) is 5.69 Å². The van der Waals surface area contributed by atoms with Crippen molar-refractivity contribution < 1.29 is 4.79 Å². The minimum Gasteiger partial charge on any atom is -0.325 e. The number of nitrogens with one attached hydrogen (secondary N) is 1. The minimum atomic E-state index is -0.105. The Kier molecular flexibility index (Phi) is 7.00. The molecule has 0 aliphatic rings. The summed E-state index contributed by atoms with van der Waals surface area (Å²) in [5.74, 6) is 0.702. The van der Waals surface area contributed by atoms with Gasteiger partial charge in [-0.1, -0.05) is 59.2 Å². The minimum absolute atomic E-state index is 0.105. The van der Waals surface area contributed by atoms with Crippen LogP contribution in [-0.4, -0.2) is 26.4 Å². The van der Waals surface area contributed by atoms with Gasteiger partial charge in [-0.2, -0.15) is 0 Å². The summed E-state index contributed by atoms with van der Waals surface area (Å²) in [6, 6.07) is 11.1. The fraction of sp³-hybridized carbons (Fsp3) is 0.190. The lowest BCUT2D eigenvalue weighted by molar-refractivity contribution is -0.113. The van der Waals surface area contributed by atoms with Crippen LogP contribution >= 0.6 is 35.0 Å². The number of aromatic nitrogens is 3. The van der Waals surface area contributed by atoms with E-state index in [-0.39, 0.29) is 11.7 Å². The van der Waals surface area contributed by atoms with Gasteiger partial charge in [0.1, 0.15) is 0 Å². The molecule has 8 heteroatoms. The fourth-order valence-electron chi connectivity index (χ4n) is 2.88. The molecule has 1 aromatic heterocycles. The maximum Gasteiger partial charge on any atom is 0.234 e. The van der Waals surface area contributed by atoms with Crippen LogP contribution in [0, 0.1) is 13.8 Å². The average Bonchev–Trinajstić information content (AvgIpc) is 3.06. The third kappa shape index (κ3) is 5.01. The van der Waals surface area contributed by atoms with E-state index in [2.05, 4.69) is 22.1 Å². The van der Waals surface area contributed by atoms with E-state index >= 15 is 0 Å². The molecule has 1 heterocycles. The normalized spacial score (nSPS) is 10.8. The molecule has 3 rings (SSSR count). The summed E-state index contributed by atoms with van der Waals surface area (Å²) in [5, 5.41) is 13.1. The van der Waals surface area contributed by atoms with Gasteiger partial charge < -0.3 is 5.32 Å². The Morgan fingerprint density at radius 2 is 1.93 bits per heavy atom. The van der Waals surface area contributed by atoms with Gasteiger partial charge in [-0.05, 0) is 43.2 Å². The first-order valence-electron chi connectivity index (χ1n) is 8.89. The molecular weight excluding hydrogens is 427 g/mol. The van der Waals surface area contributed by atoms with E-state index < -0.39 is 0 Å². The molecule has 0 spiro atoms. The van der Waals surface area contributed by atoms with Crippen molar-refractivity contribution in [3.05, 3.63) is 70.2 Å². The molecule has 0 fully saturated rings. The molecule has 5 nitrogen and oxygen atoms in total. The van der Waals surface area contributed by atoms with E-state index in [0.29, 0.717) is 27.6 Å². The fourth-order valence-corrected chi connectivity index (χ4v) is 4.12. The summed E-state index contributed by atoms with van der Waals surface area (Å²) in [7, 11) is 0. The Bertz CT molecular complexity index is 1040. The number of carbonyl (C=O) groups is 1. The number of hydrogen-bond acceptors (Lipinski definition) is 4. The van der Waals surface area contributed by atoms with Crippen LogP contribution in [0.25, 0.3) is 11.4 Å². The standard InChI is InChI=1S/C21H20Cl2N4OS/c1-4-10-27-20(16-9-8-15(22)11-17(16)23)25-26-21(27)29-12-18(28)24-19-13(2)6-5-7-14(19)3/h4-9,11H,1,10,12H2,2-3H3,(H,24,28). The summed E-state index contributed by atoms with van der Waals surface area (Å²) in [6.45, 7) is 8.23. The smallest absolute Gasteiger partial charge is 0.234 e. The van der Waals surface area contributed by atoms with E-state index in [0.717, 1.165) is 22.4 Å². The number of carbonyl (C=O) groups excluding carboxylic acids is 1. The third-order valence-electron chi connectivity index (χ3n) is 4.28. The molecule has 0 saturated carbocycles. The van der Waals surface area contributed by atoms with Crippen molar-refractivity contribution >= 4 is 46.6 Å². The third-order valence-corrected chi connectivity index (χ3v) is 5.79. The number of anilines is 1. The number of para-hydroxylation sites is 1. The SMILES string of the molecule is C=CCn1c(SCC(=O)Nc2c(C)cccc2C)nnc1-c1ccc(Cl)cc1Cl. The first-order valence-corrected chi connectivity index (χ1v) is 10.6. The highest BCUT2D eigenvalue weighted by Crippen LogP contribution is 2.31. The summed E-state index contributed by atoms with van der Waals surface area (Å²) >= 11 is 13.6. The van der Waals surface area contributed by atoms with E-state index in [1.54, 1.807) is 24.3 Å². The summed E-state index contributed by atoms with van der Waals surface area (Å²) in [6.07, 6.45) is 1.75. The molecule has 150 valence electrons. The number of benzene rings is 2. The van der Waals surface area contributed by atoms with Crippen LogP contribution in [-0.2, 0) is 11.3 Å². The van der Waals surface area contributed by atoms with Crippen molar-refractivity contribution in [3.8, 4) is 11.4 Å². The number of halogens is 2. The van der Waals surface area contributed by atoms with Crippen molar-refractivity contribution in [2.24, 2.45) is 0 Å². The summed E-state index contributed by atoms with van der Waals surface area (Å²) in [5.41, 5.74) is 3.62. The Labute approximate surface area is 184 Å². The van der Waals surface area contributed by atoms with Gasteiger partial charge in [0.05, 0.1) is 10.8 Å². The van der Waals surface area contributed by atoms with Crippen molar-refractivity contribution in [3.63, 3.8) is 0 Å². The number of hydrogen-bond donors (Lipinski definition) is 1. The van der Waals surface area contributed by atoms with Gasteiger partial charge >= 0.3 is 0 Å². The Morgan fingerprint density at radius 1 is 1.21 bits per heavy atom. The zero-order valence-corrected chi connectivity index (χ0v) is 18.4. The maximum absolute atomic E-state index is 12.5. The van der Waals surface area contributed by atoms with Crippen molar-refractivity contribution in [2.75, 3.05) is 11.1 Å². The number of nitrogens with zero attached hydrogens (tertiary/aromatic N) is 3. The second-order valence-corrected chi connectivity index (χ2v) is 8.22. The van der Waals surface area contributed by atoms with Gasteiger partial charge in [-0.15, -0.1) is 16.8 Å². The molecule has 0 aliphatic carbocycles. The molecule has 0 unspecified atom stereocenters. The van der Waals surface area contributed by atoms with Gasteiger partial charge in [0.25, 0.3) is 0 Å². The largest absolute Gasteiger partial charge is 0.325 e. The topological polar surface area (TPSA) is 59.8 Å². The van der Waals surface area contributed by atoms with Gasteiger partial charge in [-0.3, -0.25) is 9.36 Å². The molecule has 0 saturated heterocycles. The van der Waals surface area contributed by atoms with E-state index in [4.69, 9.17) is 23.2 Å². The van der Waals surface area contributed by atoms with Crippen LogP contribution in [0.3, 0.4) is 0 Å². The molecule has 3 aromatic rings. The zero-order valence-electron chi connectivity index (χ0n) is 16.1. The molecule has 0 radical (unpaired) electrons. The number of thioether (sulfide) groups is 1. The second kappa shape index (κ2) is 9.48. The number of amides is 1. The molecular formula is C21H20Cl2N4OS. The molecule has 0 bridgehead atoms. The predicted octanol–water partition coefficient (Wildman–Crippen LogP) is 5.79. The lowest BCUT2D eigenvalue weighted by Gasteiger charge is -2.12. The first kappa shape index (κ1) is 21.4. The van der Waals surface area contributed by atoms with E-state index in [1.807, 2.05) is 36.6 Å². The molecule has 29 heavy (non-hydrogen) atoms. The molecule has 1 amide bonds. The summed E-state index contributed by atoms with van der Waals surface area (Å²) < 4.78 is 1.87. The Balaban J connectivity index is 1.78. The molecule has 0 atom stereocenters. The highest BCUT2D eigenvalue weighted by molar-refractivity contribution is 7.99. The van der Waals surface area contributed by atoms with Crippen molar-refractivity contribution in [2.45, 2.75) is 25.5 Å². The lowest BCUT2D eigenvalue weighted by atomic mass is 10.1. The number of rotatable bonds is 7. The van der Waals surface area contributed by atoms with E-state index in [9.17, 15) is 4.79 Å². The maximum atomic E-state index is 12.5. The summed E-state index contributed by atoms with van der Waals surface area (Å²) in [4.78, 5) is 12.5. The Hall–Kier alpha value is -2.28. The predicted molar refractivity (Wildman–Crippen MR) is 121 cm³/mol. The van der Waals surface area contributed by atoms with Crippen LogP contribution in [0.15, 0.2) is 54.2 Å². The van der Waals surface area contributed by atoms with Gasteiger partial charge in [0, 0.05) is 22.8 Å². The zero-order chi connectivity index (χ0) is 21.0. The van der Waals surface area contributed by atoms with Gasteiger partial charge in [0.15, 0.2) is 11.0 Å². The van der Waals surface area contributed by atoms with Gasteiger partial charge in [0.2, 0.25) is 5.91 Å².